The Bertz CT molecular complexity index is 740. The Morgan fingerprint density at radius 1 is 1.29 bits per heavy atom. The number of rotatable bonds is 4. The van der Waals surface area contributed by atoms with E-state index in [0.717, 1.165) is 35.0 Å². The molecule has 108 valence electrons. The largest absolute Gasteiger partial charge is 0.301 e. The van der Waals surface area contributed by atoms with Crippen LogP contribution in [0.25, 0.3) is 0 Å². The Balaban J connectivity index is 1.70. The first-order valence-electron chi connectivity index (χ1n) is 6.67. The number of nitrogens with zero attached hydrogens (tertiary/aromatic N) is 1. The van der Waals surface area contributed by atoms with Gasteiger partial charge in [-0.05, 0) is 31.4 Å². The number of hydrogen-bond donors (Lipinski definition) is 1. The van der Waals surface area contributed by atoms with Gasteiger partial charge in [-0.2, -0.15) is 0 Å². The minimum absolute atomic E-state index is 0.0237. The number of hydrogen-bond acceptors (Lipinski definition) is 4. The molecule has 1 heterocycles. The lowest BCUT2D eigenvalue weighted by atomic mass is 10.2. The molecule has 1 aliphatic rings. The molecule has 0 saturated heterocycles. The van der Waals surface area contributed by atoms with Gasteiger partial charge in [0, 0.05) is 15.6 Å². The standard InChI is InChI=1S/C15H13BrN2O2S/c16-10-6-4-9(5-7-10)13(19)8-21-15-17-12-3-1-2-11(12)14(20)18-15/h4-7H,1-3,8H2,(H,17,18,20). The van der Waals surface area contributed by atoms with E-state index in [2.05, 4.69) is 25.9 Å². The molecule has 1 aromatic carbocycles. The van der Waals surface area contributed by atoms with Crippen molar-refractivity contribution in [3.8, 4) is 0 Å². The molecule has 4 nitrogen and oxygen atoms in total. The average Bonchev–Trinajstić information content (AvgIpc) is 2.94. The number of Topliss-reactive ketones (excluding diaryl/α,β-unsaturated/α-hetero) is 1. The van der Waals surface area contributed by atoms with E-state index in [0.29, 0.717) is 10.7 Å². The number of carbonyl (C=O) groups excluding carboxylic acids is 1. The molecule has 0 fully saturated rings. The predicted octanol–water partition coefficient (Wildman–Crippen LogP) is 3.00. The Labute approximate surface area is 134 Å². The van der Waals surface area contributed by atoms with Crippen molar-refractivity contribution in [2.75, 3.05) is 5.75 Å². The molecule has 1 aliphatic carbocycles. The van der Waals surface area contributed by atoms with E-state index in [1.165, 1.54) is 11.8 Å². The smallest absolute Gasteiger partial charge is 0.254 e. The van der Waals surface area contributed by atoms with Gasteiger partial charge in [0.25, 0.3) is 5.56 Å². The van der Waals surface area contributed by atoms with E-state index in [4.69, 9.17) is 0 Å². The molecule has 6 heteroatoms. The average molecular weight is 365 g/mol. The highest BCUT2D eigenvalue weighted by Gasteiger charge is 2.17. The van der Waals surface area contributed by atoms with Crippen molar-refractivity contribution in [3.05, 3.63) is 55.9 Å². The van der Waals surface area contributed by atoms with Gasteiger partial charge in [-0.25, -0.2) is 4.98 Å². The van der Waals surface area contributed by atoms with Crippen molar-refractivity contribution in [1.29, 1.82) is 0 Å². The molecule has 0 saturated carbocycles. The fourth-order valence-corrected chi connectivity index (χ4v) is 3.38. The van der Waals surface area contributed by atoms with Crippen LogP contribution in [0.15, 0.2) is 38.7 Å². The zero-order chi connectivity index (χ0) is 14.8. The van der Waals surface area contributed by atoms with Crippen molar-refractivity contribution in [2.45, 2.75) is 24.4 Å². The minimum atomic E-state index is -0.0592. The zero-order valence-electron chi connectivity index (χ0n) is 11.2. The van der Waals surface area contributed by atoms with Gasteiger partial charge in [-0.3, -0.25) is 9.59 Å². The van der Waals surface area contributed by atoms with Crippen molar-refractivity contribution in [3.63, 3.8) is 0 Å². The molecule has 2 aromatic rings. The number of aromatic nitrogens is 2. The van der Waals surface area contributed by atoms with E-state index in [-0.39, 0.29) is 17.1 Å². The number of benzene rings is 1. The van der Waals surface area contributed by atoms with Gasteiger partial charge < -0.3 is 4.98 Å². The number of fused-ring (bicyclic) bond motifs is 1. The monoisotopic (exact) mass is 364 g/mol. The van der Waals surface area contributed by atoms with E-state index in [1.807, 2.05) is 12.1 Å². The summed E-state index contributed by atoms with van der Waals surface area (Å²) in [6, 6.07) is 7.25. The van der Waals surface area contributed by atoms with Crippen LogP contribution >= 0.6 is 27.7 Å². The summed E-state index contributed by atoms with van der Waals surface area (Å²) in [4.78, 5) is 31.2. The fraction of sp³-hybridized carbons (Fsp3) is 0.267. The maximum absolute atomic E-state index is 12.1. The van der Waals surface area contributed by atoms with Gasteiger partial charge in [0.05, 0.1) is 11.4 Å². The van der Waals surface area contributed by atoms with Gasteiger partial charge in [-0.1, -0.05) is 39.8 Å². The summed E-state index contributed by atoms with van der Waals surface area (Å²) in [5, 5.41) is 0.533. The van der Waals surface area contributed by atoms with Crippen molar-refractivity contribution in [2.24, 2.45) is 0 Å². The third kappa shape index (κ3) is 3.27. The van der Waals surface area contributed by atoms with Crippen LogP contribution < -0.4 is 5.56 Å². The molecule has 21 heavy (non-hydrogen) atoms. The Hall–Kier alpha value is -1.40. The van der Waals surface area contributed by atoms with E-state index < -0.39 is 0 Å². The number of aryl methyl sites for hydroxylation is 1. The van der Waals surface area contributed by atoms with Gasteiger partial charge in [0.15, 0.2) is 10.9 Å². The summed E-state index contributed by atoms with van der Waals surface area (Å²) in [5.41, 5.74) is 2.29. The fourth-order valence-electron chi connectivity index (χ4n) is 2.34. The van der Waals surface area contributed by atoms with Gasteiger partial charge >= 0.3 is 0 Å². The highest BCUT2D eigenvalue weighted by atomic mass is 79.9. The first kappa shape index (κ1) is 14.5. The third-order valence-corrected chi connectivity index (χ3v) is 4.83. The minimum Gasteiger partial charge on any atom is -0.301 e. The van der Waals surface area contributed by atoms with Crippen LogP contribution in [0.3, 0.4) is 0 Å². The summed E-state index contributed by atoms with van der Waals surface area (Å²) < 4.78 is 0.941. The number of nitrogens with one attached hydrogen (secondary N) is 1. The number of thioether (sulfide) groups is 1. The highest BCUT2D eigenvalue weighted by Crippen LogP contribution is 2.20. The molecular formula is C15H13BrN2O2S. The molecule has 0 unspecified atom stereocenters. The van der Waals surface area contributed by atoms with Crippen LogP contribution in [0.4, 0.5) is 0 Å². The molecule has 1 N–H and O–H groups in total. The van der Waals surface area contributed by atoms with Gasteiger partial charge in [-0.15, -0.1) is 0 Å². The molecule has 0 radical (unpaired) electrons. The van der Waals surface area contributed by atoms with Crippen LogP contribution in [0, 0.1) is 0 Å². The summed E-state index contributed by atoms with van der Waals surface area (Å²) in [5.74, 6) is 0.291. The van der Waals surface area contributed by atoms with Crippen molar-refractivity contribution in [1.82, 2.24) is 9.97 Å². The molecule has 3 rings (SSSR count). The van der Waals surface area contributed by atoms with Crippen LogP contribution in [0.5, 0.6) is 0 Å². The van der Waals surface area contributed by atoms with E-state index >= 15 is 0 Å². The molecule has 0 spiro atoms. The van der Waals surface area contributed by atoms with Gasteiger partial charge in [0.1, 0.15) is 0 Å². The second kappa shape index (κ2) is 6.15. The molecule has 0 amide bonds. The lowest BCUT2D eigenvalue weighted by molar-refractivity contribution is 0.102. The number of ketones is 1. The van der Waals surface area contributed by atoms with Gasteiger partial charge in [0.2, 0.25) is 0 Å². The lowest BCUT2D eigenvalue weighted by Gasteiger charge is -2.04. The first-order chi connectivity index (χ1) is 10.1. The highest BCUT2D eigenvalue weighted by molar-refractivity contribution is 9.10. The van der Waals surface area contributed by atoms with Crippen LogP contribution in [-0.2, 0) is 12.8 Å². The normalized spacial score (nSPS) is 13.2. The number of H-pyrrole nitrogens is 1. The maximum atomic E-state index is 12.1. The SMILES string of the molecule is O=C(CSc1nc2c(c(=O)[nH]1)CCC2)c1ccc(Br)cc1. The quantitative estimate of drug-likeness (QED) is 0.514. The molecule has 0 aliphatic heterocycles. The van der Waals surface area contributed by atoms with Crippen LogP contribution in [0.1, 0.15) is 28.0 Å². The third-order valence-electron chi connectivity index (χ3n) is 3.43. The Morgan fingerprint density at radius 2 is 2.05 bits per heavy atom. The molecule has 0 bridgehead atoms. The zero-order valence-corrected chi connectivity index (χ0v) is 13.6. The Morgan fingerprint density at radius 3 is 2.81 bits per heavy atom. The topological polar surface area (TPSA) is 62.8 Å². The first-order valence-corrected chi connectivity index (χ1v) is 8.45. The van der Waals surface area contributed by atoms with Crippen LogP contribution in [0.2, 0.25) is 0 Å². The second-order valence-electron chi connectivity index (χ2n) is 4.87. The summed E-state index contributed by atoms with van der Waals surface area (Å²) >= 11 is 4.62. The number of aromatic amines is 1. The molecular weight excluding hydrogens is 352 g/mol. The Kier molecular flexibility index (Phi) is 4.26. The summed E-state index contributed by atoms with van der Waals surface area (Å²) in [6.45, 7) is 0. The van der Waals surface area contributed by atoms with E-state index in [9.17, 15) is 9.59 Å². The molecule has 1 aromatic heterocycles. The summed E-state index contributed by atoms with van der Waals surface area (Å²) in [6.07, 6.45) is 2.64. The number of carbonyl (C=O) groups is 1. The van der Waals surface area contributed by atoms with Crippen molar-refractivity contribution >= 4 is 33.5 Å². The lowest BCUT2D eigenvalue weighted by Crippen LogP contribution is -2.15. The predicted molar refractivity (Wildman–Crippen MR) is 86.1 cm³/mol. The van der Waals surface area contributed by atoms with Crippen molar-refractivity contribution < 1.29 is 4.79 Å². The van der Waals surface area contributed by atoms with E-state index in [1.54, 1.807) is 12.1 Å². The second-order valence-corrected chi connectivity index (χ2v) is 6.75. The maximum Gasteiger partial charge on any atom is 0.254 e. The summed E-state index contributed by atoms with van der Waals surface area (Å²) in [7, 11) is 0. The van der Waals surface area contributed by atoms with Crippen LogP contribution in [-0.4, -0.2) is 21.5 Å². The number of halogens is 1. The molecule has 0 atom stereocenters.